The van der Waals surface area contributed by atoms with E-state index in [0.29, 0.717) is 6.54 Å². The smallest absolute Gasteiger partial charge is 0.0551 e. The van der Waals surface area contributed by atoms with Crippen LogP contribution < -0.4 is 5.73 Å². The zero-order valence-corrected chi connectivity index (χ0v) is 6.28. The Balaban J connectivity index is 3.25. The lowest BCUT2D eigenvalue weighted by Crippen LogP contribution is -1.94. The molecule has 0 bridgehead atoms. The summed E-state index contributed by atoms with van der Waals surface area (Å²) in [7, 11) is 0. The Morgan fingerprint density at radius 1 is 1.44 bits per heavy atom. The van der Waals surface area contributed by atoms with Gasteiger partial charge < -0.3 is 5.73 Å². The van der Waals surface area contributed by atoms with Crippen molar-refractivity contribution in [3.8, 4) is 11.8 Å². The highest BCUT2D eigenvalue weighted by atomic mass is 14.5. The van der Waals surface area contributed by atoms with Crippen molar-refractivity contribution in [1.29, 1.82) is 0 Å². The molecular formula is C8H15N. The number of nitrogens with two attached hydrogens (primary N) is 1. The molecule has 52 valence electrons. The van der Waals surface area contributed by atoms with Crippen molar-refractivity contribution in [1.82, 2.24) is 0 Å². The standard InChI is InChI=1S/C8H15N/c1-3-8(2)6-4-5-7-9/h8H,3,6-7,9H2,1-2H3. The zero-order chi connectivity index (χ0) is 7.11. The van der Waals surface area contributed by atoms with Crippen molar-refractivity contribution in [3.05, 3.63) is 0 Å². The Bertz CT molecular complexity index is 107. The van der Waals surface area contributed by atoms with E-state index in [4.69, 9.17) is 5.73 Å². The highest BCUT2D eigenvalue weighted by Crippen LogP contribution is 2.03. The van der Waals surface area contributed by atoms with E-state index < -0.39 is 0 Å². The molecular weight excluding hydrogens is 110 g/mol. The second-order valence-corrected chi connectivity index (χ2v) is 2.28. The Kier molecular flexibility index (Phi) is 5.35. The Labute approximate surface area is 57.6 Å². The molecule has 0 spiro atoms. The summed E-state index contributed by atoms with van der Waals surface area (Å²) in [6.45, 7) is 4.87. The molecule has 0 aromatic rings. The van der Waals surface area contributed by atoms with Gasteiger partial charge in [-0.1, -0.05) is 26.2 Å². The molecule has 0 fully saturated rings. The third-order valence-electron chi connectivity index (χ3n) is 1.37. The predicted molar refractivity (Wildman–Crippen MR) is 40.9 cm³/mol. The fourth-order valence-corrected chi connectivity index (χ4v) is 0.463. The molecule has 0 aromatic carbocycles. The van der Waals surface area contributed by atoms with Gasteiger partial charge in [0.05, 0.1) is 6.54 Å². The van der Waals surface area contributed by atoms with Gasteiger partial charge in [-0.2, -0.15) is 0 Å². The number of hydrogen-bond acceptors (Lipinski definition) is 1. The zero-order valence-electron chi connectivity index (χ0n) is 6.28. The summed E-state index contributed by atoms with van der Waals surface area (Å²) < 4.78 is 0. The minimum atomic E-state index is 0.496. The Hall–Kier alpha value is -0.480. The largest absolute Gasteiger partial charge is 0.320 e. The SMILES string of the molecule is CCC(C)CC#CCN. The lowest BCUT2D eigenvalue weighted by Gasteiger charge is -1.99. The van der Waals surface area contributed by atoms with Crippen LogP contribution >= 0.6 is 0 Å². The molecule has 0 saturated heterocycles. The van der Waals surface area contributed by atoms with Crippen molar-refractivity contribution in [3.63, 3.8) is 0 Å². The molecule has 1 heteroatoms. The van der Waals surface area contributed by atoms with Gasteiger partial charge in [-0.15, -0.1) is 5.92 Å². The minimum Gasteiger partial charge on any atom is -0.320 e. The van der Waals surface area contributed by atoms with E-state index in [1.54, 1.807) is 0 Å². The molecule has 9 heavy (non-hydrogen) atoms. The second-order valence-electron chi connectivity index (χ2n) is 2.28. The first-order valence-electron chi connectivity index (χ1n) is 3.47. The molecule has 1 atom stereocenters. The van der Waals surface area contributed by atoms with Gasteiger partial charge in [-0.05, 0) is 5.92 Å². The van der Waals surface area contributed by atoms with Crippen LogP contribution in [0.5, 0.6) is 0 Å². The summed E-state index contributed by atoms with van der Waals surface area (Å²) in [5.41, 5.74) is 5.18. The molecule has 0 rings (SSSR count). The first kappa shape index (κ1) is 8.52. The van der Waals surface area contributed by atoms with Gasteiger partial charge in [-0.25, -0.2) is 0 Å². The summed E-state index contributed by atoms with van der Waals surface area (Å²) in [6.07, 6.45) is 2.20. The topological polar surface area (TPSA) is 26.0 Å². The third-order valence-corrected chi connectivity index (χ3v) is 1.37. The monoisotopic (exact) mass is 125 g/mol. The van der Waals surface area contributed by atoms with Crippen molar-refractivity contribution in [2.24, 2.45) is 11.7 Å². The average molecular weight is 125 g/mol. The lowest BCUT2D eigenvalue weighted by atomic mass is 10.1. The van der Waals surface area contributed by atoms with E-state index in [1.165, 1.54) is 6.42 Å². The lowest BCUT2D eigenvalue weighted by molar-refractivity contribution is 0.580. The van der Waals surface area contributed by atoms with Crippen LogP contribution in [0, 0.1) is 17.8 Å². The van der Waals surface area contributed by atoms with Crippen LogP contribution in [0.1, 0.15) is 26.7 Å². The van der Waals surface area contributed by atoms with Crippen molar-refractivity contribution >= 4 is 0 Å². The minimum absolute atomic E-state index is 0.496. The third kappa shape index (κ3) is 5.39. The van der Waals surface area contributed by atoms with Crippen LogP contribution in [0.4, 0.5) is 0 Å². The highest BCUT2D eigenvalue weighted by molar-refractivity contribution is 5.00. The molecule has 0 aliphatic carbocycles. The first-order valence-corrected chi connectivity index (χ1v) is 3.47. The van der Waals surface area contributed by atoms with Crippen molar-refractivity contribution < 1.29 is 0 Å². The van der Waals surface area contributed by atoms with Crippen molar-refractivity contribution in [2.75, 3.05) is 6.54 Å². The molecule has 0 saturated carbocycles. The Morgan fingerprint density at radius 3 is 2.56 bits per heavy atom. The van der Waals surface area contributed by atoms with E-state index in [-0.39, 0.29) is 0 Å². The summed E-state index contributed by atoms with van der Waals surface area (Å²) >= 11 is 0. The highest BCUT2D eigenvalue weighted by Gasteiger charge is 1.91. The van der Waals surface area contributed by atoms with Crippen LogP contribution in [0.3, 0.4) is 0 Å². The van der Waals surface area contributed by atoms with E-state index in [9.17, 15) is 0 Å². The molecule has 1 nitrogen and oxygen atoms in total. The molecule has 0 aliphatic heterocycles. The van der Waals surface area contributed by atoms with E-state index in [2.05, 4.69) is 25.7 Å². The second kappa shape index (κ2) is 5.65. The summed E-state index contributed by atoms with van der Waals surface area (Å²) in [4.78, 5) is 0. The average Bonchev–Trinajstić information content (AvgIpc) is 1.89. The van der Waals surface area contributed by atoms with Crippen LogP contribution in [0.25, 0.3) is 0 Å². The molecule has 2 N–H and O–H groups in total. The summed E-state index contributed by atoms with van der Waals surface area (Å²) in [6, 6.07) is 0. The van der Waals surface area contributed by atoms with Gasteiger partial charge in [0.15, 0.2) is 0 Å². The van der Waals surface area contributed by atoms with Gasteiger partial charge in [0.1, 0.15) is 0 Å². The molecule has 0 radical (unpaired) electrons. The normalized spacial score (nSPS) is 11.9. The van der Waals surface area contributed by atoms with Crippen LogP contribution in [-0.2, 0) is 0 Å². The maximum Gasteiger partial charge on any atom is 0.0551 e. The Morgan fingerprint density at radius 2 is 2.11 bits per heavy atom. The van der Waals surface area contributed by atoms with Gasteiger partial charge in [-0.3, -0.25) is 0 Å². The fourth-order valence-electron chi connectivity index (χ4n) is 0.463. The molecule has 0 aliphatic rings. The quantitative estimate of drug-likeness (QED) is 0.554. The first-order chi connectivity index (χ1) is 4.31. The molecule has 0 amide bonds. The van der Waals surface area contributed by atoms with E-state index in [1.807, 2.05) is 0 Å². The maximum atomic E-state index is 5.18. The summed E-state index contributed by atoms with van der Waals surface area (Å²) in [5, 5.41) is 0. The molecule has 0 heterocycles. The van der Waals surface area contributed by atoms with Gasteiger partial charge >= 0.3 is 0 Å². The van der Waals surface area contributed by atoms with Crippen LogP contribution in [0.15, 0.2) is 0 Å². The maximum absolute atomic E-state index is 5.18. The van der Waals surface area contributed by atoms with Gasteiger partial charge in [0.25, 0.3) is 0 Å². The molecule has 1 unspecified atom stereocenters. The van der Waals surface area contributed by atoms with E-state index >= 15 is 0 Å². The number of rotatable bonds is 2. The fraction of sp³-hybridized carbons (Fsp3) is 0.750. The van der Waals surface area contributed by atoms with E-state index in [0.717, 1.165) is 12.3 Å². The van der Waals surface area contributed by atoms with Crippen LogP contribution in [-0.4, -0.2) is 6.54 Å². The number of hydrogen-bond donors (Lipinski definition) is 1. The molecule has 0 aromatic heterocycles. The summed E-state index contributed by atoms with van der Waals surface area (Å²) in [5.74, 6) is 6.58. The van der Waals surface area contributed by atoms with Crippen LogP contribution in [0.2, 0.25) is 0 Å². The predicted octanol–water partition coefficient (Wildman–Crippen LogP) is 1.38. The van der Waals surface area contributed by atoms with Gasteiger partial charge in [0, 0.05) is 6.42 Å². The van der Waals surface area contributed by atoms with Crippen molar-refractivity contribution in [2.45, 2.75) is 26.7 Å². The van der Waals surface area contributed by atoms with Gasteiger partial charge in [0.2, 0.25) is 0 Å².